The van der Waals surface area contributed by atoms with Crippen LogP contribution in [-0.2, 0) is 0 Å². The molecule has 2 heterocycles. The van der Waals surface area contributed by atoms with Crippen molar-refractivity contribution in [2.24, 2.45) is 5.41 Å². The zero-order valence-corrected chi connectivity index (χ0v) is 14.0. The summed E-state index contributed by atoms with van der Waals surface area (Å²) in [5.41, 5.74) is 0.305. The number of rotatable bonds is 6. The molecule has 0 spiro atoms. The fraction of sp³-hybridized carbons (Fsp3) is 0.800. The van der Waals surface area contributed by atoms with E-state index in [9.17, 15) is 0 Å². The molecule has 0 radical (unpaired) electrons. The van der Waals surface area contributed by atoms with Crippen LogP contribution < -0.4 is 10.2 Å². The second kappa shape index (κ2) is 6.87. The molecule has 1 aromatic rings. The van der Waals surface area contributed by atoms with Crippen molar-refractivity contribution < 1.29 is 0 Å². The van der Waals surface area contributed by atoms with Crippen molar-refractivity contribution in [1.29, 1.82) is 0 Å². The number of aromatic nitrogens is 1. The van der Waals surface area contributed by atoms with Crippen LogP contribution in [0.3, 0.4) is 0 Å². The predicted molar refractivity (Wildman–Crippen MR) is 87.7 cm³/mol. The molecular weight excluding hydrogens is 268 g/mol. The van der Waals surface area contributed by atoms with Crippen LogP contribution in [0.25, 0.3) is 0 Å². The van der Waals surface area contributed by atoms with E-state index in [1.165, 1.54) is 5.13 Å². The SMILES string of the molecule is CCNC(C)C(C)(C)CN1CCN(c2nccs2)CC1. The van der Waals surface area contributed by atoms with Gasteiger partial charge in [-0.05, 0) is 18.9 Å². The Morgan fingerprint density at radius 2 is 2.05 bits per heavy atom. The van der Waals surface area contributed by atoms with Crippen molar-refractivity contribution in [3.63, 3.8) is 0 Å². The van der Waals surface area contributed by atoms with E-state index in [-0.39, 0.29) is 0 Å². The van der Waals surface area contributed by atoms with Crippen LogP contribution in [0.15, 0.2) is 11.6 Å². The van der Waals surface area contributed by atoms with E-state index in [0.717, 1.165) is 39.3 Å². The third-order valence-corrected chi connectivity index (χ3v) is 5.21. The van der Waals surface area contributed by atoms with Gasteiger partial charge in [-0.2, -0.15) is 0 Å². The number of hydrogen-bond acceptors (Lipinski definition) is 5. The van der Waals surface area contributed by atoms with Crippen LogP contribution in [-0.4, -0.2) is 55.2 Å². The Labute approximate surface area is 127 Å². The molecule has 5 heteroatoms. The summed E-state index contributed by atoms with van der Waals surface area (Å²) in [4.78, 5) is 9.41. The van der Waals surface area contributed by atoms with Crippen molar-refractivity contribution in [3.8, 4) is 0 Å². The van der Waals surface area contributed by atoms with Gasteiger partial charge in [-0.1, -0.05) is 20.8 Å². The highest BCUT2D eigenvalue weighted by Crippen LogP contribution is 2.24. The first-order valence-electron chi connectivity index (χ1n) is 7.63. The van der Waals surface area contributed by atoms with Gasteiger partial charge in [-0.25, -0.2) is 4.98 Å². The van der Waals surface area contributed by atoms with E-state index in [1.54, 1.807) is 11.3 Å². The van der Waals surface area contributed by atoms with E-state index >= 15 is 0 Å². The maximum atomic E-state index is 4.41. The largest absolute Gasteiger partial charge is 0.346 e. The van der Waals surface area contributed by atoms with Crippen molar-refractivity contribution in [2.45, 2.75) is 33.7 Å². The van der Waals surface area contributed by atoms with Crippen LogP contribution in [0.1, 0.15) is 27.7 Å². The van der Waals surface area contributed by atoms with Gasteiger partial charge < -0.3 is 10.2 Å². The molecule has 4 nitrogen and oxygen atoms in total. The van der Waals surface area contributed by atoms with Gasteiger partial charge in [0.15, 0.2) is 5.13 Å². The number of hydrogen-bond donors (Lipinski definition) is 1. The highest BCUT2D eigenvalue weighted by atomic mass is 32.1. The Bertz CT molecular complexity index is 383. The van der Waals surface area contributed by atoms with E-state index in [0.29, 0.717) is 11.5 Å². The molecule has 2 rings (SSSR count). The average molecular weight is 296 g/mol. The summed E-state index contributed by atoms with van der Waals surface area (Å²) in [5.74, 6) is 0. The average Bonchev–Trinajstić information content (AvgIpc) is 2.93. The molecule has 0 bridgehead atoms. The molecule has 0 aliphatic carbocycles. The highest BCUT2D eigenvalue weighted by Gasteiger charge is 2.29. The fourth-order valence-corrected chi connectivity index (χ4v) is 3.46. The predicted octanol–water partition coefficient (Wildman–Crippen LogP) is 2.29. The third kappa shape index (κ3) is 3.93. The van der Waals surface area contributed by atoms with E-state index in [4.69, 9.17) is 0 Å². The van der Waals surface area contributed by atoms with Gasteiger partial charge in [0.2, 0.25) is 0 Å². The lowest BCUT2D eigenvalue weighted by atomic mass is 9.84. The zero-order chi connectivity index (χ0) is 14.6. The standard InChI is InChI=1S/C15H28N4S/c1-5-16-13(2)15(3,4)12-18-7-9-19(10-8-18)14-17-6-11-20-14/h6,11,13,16H,5,7-10,12H2,1-4H3. The molecule has 0 amide bonds. The topological polar surface area (TPSA) is 31.4 Å². The molecule has 1 aromatic heterocycles. The molecule has 1 fully saturated rings. The van der Waals surface area contributed by atoms with Crippen molar-refractivity contribution in [2.75, 3.05) is 44.2 Å². The monoisotopic (exact) mass is 296 g/mol. The quantitative estimate of drug-likeness (QED) is 0.873. The number of nitrogens with zero attached hydrogens (tertiary/aromatic N) is 3. The molecule has 20 heavy (non-hydrogen) atoms. The first-order valence-corrected chi connectivity index (χ1v) is 8.51. The minimum absolute atomic E-state index is 0.305. The summed E-state index contributed by atoms with van der Waals surface area (Å²) in [6.07, 6.45) is 1.90. The highest BCUT2D eigenvalue weighted by molar-refractivity contribution is 7.13. The van der Waals surface area contributed by atoms with Crippen molar-refractivity contribution >= 4 is 16.5 Å². The summed E-state index contributed by atoms with van der Waals surface area (Å²) in [7, 11) is 0. The molecule has 114 valence electrons. The number of thiazole rings is 1. The third-order valence-electron chi connectivity index (χ3n) is 4.38. The number of piperazine rings is 1. The van der Waals surface area contributed by atoms with E-state index in [1.807, 2.05) is 6.20 Å². The summed E-state index contributed by atoms with van der Waals surface area (Å²) >= 11 is 1.74. The van der Waals surface area contributed by atoms with Gasteiger partial charge in [0.1, 0.15) is 0 Å². The zero-order valence-electron chi connectivity index (χ0n) is 13.2. The summed E-state index contributed by atoms with van der Waals surface area (Å²) in [6, 6.07) is 0.546. The molecule has 1 atom stereocenters. The Balaban J connectivity index is 1.82. The van der Waals surface area contributed by atoms with Crippen molar-refractivity contribution in [1.82, 2.24) is 15.2 Å². The molecule has 1 aliphatic rings. The Morgan fingerprint density at radius 3 is 2.60 bits per heavy atom. The number of anilines is 1. The van der Waals surface area contributed by atoms with E-state index in [2.05, 4.69) is 53.2 Å². The van der Waals surface area contributed by atoms with Gasteiger partial charge in [0.05, 0.1) is 0 Å². The molecular formula is C15H28N4S. The molecule has 0 aromatic carbocycles. The lowest BCUT2D eigenvalue weighted by Gasteiger charge is -2.41. The van der Waals surface area contributed by atoms with Crippen LogP contribution in [0.4, 0.5) is 5.13 Å². The summed E-state index contributed by atoms with van der Waals surface area (Å²) in [6.45, 7) is 15.9. The molecule has 1 N–H and O–H groups in total. The Kier molecular flexibility index (Phi) is 5.41. The van der Waals surface area contributed by atoms with Crippen LogP contribution in [0.2, 0.25) is 0 Å². The second-order valence-corrected chi connectivity index (χ2v) is 7.22. The maximum Gasteiger partial charge on any atom is 0.185 e. The fourth-order valence-electron chi connectivity index (χ4n) is 2.77. The maximum absolute atomic E-state index is 4.41. The lowest BCUT2D eigenvalue weighted by Crippen LogP contribution is -2.52. The van der Waals surface area contributed by atoms with Gasteiger partial charge in [0, 0.05) is 50.3 Å². The molecule has 1 saturated heterocycles. The van der Waals surface area contributed by atoms with Gasteiger partial charge in [0.25, 0.3) is 0 Å². The van der Waals surface area contributed by atoms with Gasteiger partial charge in [-0.3, -0.25) is 4.90 Å². The van der Waals surface area contributed by atoms with E-state index < -0.39 is 0 Å². The normalized spacial score (nSPS) is 19.3. The minimum Gasteiger partial charge on any atom is -0.346 e. The number of nitrogens with one attached hydrogen (secondary N) is 1. The van der Waals surface area contributed by atoms with Crippen LogP contribution in [0, 0.1) is 5.41 Å². The lowest BCUT2D eigenvalue weighted by molar-refractivity contribution is 0.138. The molecule has 0 saturated carbocycles. The van der Waals surface area contributed by atoms with Gasteiger partial charge in [-0.15, -0.1) is 11.3 Å². The first kappa shape index (κ1) is 15.7. The smallest absolute Gasteiger partial charge is 0.185 e. The Hall–Kier alpha value is -0.650. The van der Waals surface area contributed by atoms with Crippen LogP contribution in [0.5, 0.6) is 0 Å². The molecule has 1 unspecified atom stereocenters. The Morgan fingerprint density at radius 1 is 1.35 bits per heavy atom. The van der Waals surface area contributed by atoms with Crippen molar-refractivity contribution in [3.05, 3.63) is 11.6 Å². The minimum atomic E-state index is 0.305. The second-order valence-electron chi connectivity index (χ2n) is 6.35. The molecule has 1 aliphatic heterocycles. The van der Waals surface area contributed by atoms with Crippen LogP contribution >= 0.6 is 11.3 Å². The van der Waals surface area contributed by atoms with Gasteiger partial charge >= 0.3 is 0 Å². The first-order chi connectivity index (χ1) is 9.53. The summed E-state index contributed by atoms with van der Waals surface area (Å²) in [5, 5.41) is 6.79. The summed E-state index contributed by atoms with van der Waals surface area (Å²) < 4.78 is 0.